The normalized spacial score (nSPS) is 19.4. The fourth-order valence-corrected chi connectivity index (χ4v) is 2.41. The Bertz CT molecular complexity index is 587. The third kappa shape index (κ3) is 2.90. The molecule has 0 saturated carbocycles. The van der Waals surface area contributed by atoms with Gasteiger partial charge in [0.25, 0.3) is 0 Å². The topological polar surface area (TPSA) is 54.0 Å². The summed E-state index contributed by atoms with van der Waals surface area (Å²) in [7, 11) is 0. The van der Waals surface area contributed by atoms with E-state index in [-0.39, 0.29) is 5.91 Å². The molecule has 1 atom stereocenters. The Kier molecular flexibility index (Phi) is 3.42. The predicted octanol–water partition coefficient (Wildman–Crippen LogP) is 1.60. The van der Waals surface area contributed by atoms with E-state index in [2.05, 4.69) is 33.8 Å². The molecule has 1 aromatic heterocycles. The monoisotopic (exact) mass is 255 g/mol. The second-order valence-corrected chi connectivity index (χ2v) is 4.98. The van der Waals surface area contributed by atoms with E-state index in [0.29, 0.717) is 12.5 Å². The summed E-state index contributed by atoms with van der Waals surface area (Å²) < 4.78 is 0. The molecule has 2 N–H and O–H groups in total. The van der Waals surface area contributed by atoms with Gasteiger partial charge in [-0.15, -0.1) is 0 Å². The molecule has 1 unspecified atom stereocenters. The third-order valence-corrected chi connectivity index (χ3v) is 3.57. The van der Waals surface area contributed by atoms with E-state index in [1.807, 2.05) is 18.5 Å². The van der Waals surface area contributed by atoms with Crippen LogP contribution in [-0.2, 0) is 11.3 Å². The first-order valence-corrected chi connectivity index (χ1v) is 6.64. The van der Waals surface area contributed by atoms with Crippen molar-refractivity contribution in [3.05, 3.63) is 42.2 Å². The summed E-state index contributed by atoms with van der Waals surface area (Å²) >= 11 is 0. The largest absolute Gasteiger partial charge is 0.355 e. The molecule has 1 saturated heterocycles. The van der Waals surface area contributed by atoms with Gasteiger partial charge in [-0.1, -0.05) is 12.1 Å². The Morgan fingerprint density at radius 3 is 3.11 bits per heavy atom. The van der Waals surface area contributed by atoms with Gasteiger partial charge < -0.3 is 10.6 Å². The molecular weight excluding hydrogens is 238 g/mol. The summed E-state index contributed by atoms with van der Waals surface area (Å²) in [6.45, 7) is 1.56. The van der Waals surface area contributed by atoms with Gasteiger partial charge in [0.1, 0.15) is 0 Å². The van der Waals surface area contributed by atoms with E-state index >= 15 is 0 Å². The maximum Gasteiger partial charge on any atom is 0.220 e. The number of amides is 1. The highest BCUT2D eigenvalue weighted by atomic mass is 16.1. The fourth-order valence-electron chi connectivity index (χ4n) is 2.41. The van der Waals surface area contributed by atoms with Crippen molar-refractivity contribution in [2.75, 3.05) is 6.54 Å². The molecular formula is C15H17N3O. The second kappa shape index (κ2) is 5.36. The zero-order chi connectivity index (χ0) is 13.1. The van der Waals surface area contributed by atoms with Crippen LogP contribution >= 0.6 is 0 Å². The molecule has 0 bridgehead atoms. The van der Waals surface area contributed by atoms with E-state index in [9.17, 15) is 4.79 Å². The lowest BCUT2D eigenvalue weighted by Crippen LogP contribution is -2.45. The van der Waals surface area contributed by atoms with Gasteiger partial charge in [-0.3, -0.25) is 9.78 Å². The molecule has 0 spiro atoms. The van der Waals surface area contributed by atoms with Crippen LogP contribution in [0.5, 0.6) is 0 Å². The molecule has 1 aliphatic rings. The summed E-state index contributed by atoms with van der Waals surface area (Å²) in [5.41, 5.74) is 1.26. The molecule has 3 rings (SSSR count). The number of piperidine rings is 1. The number of nitrogens with zero attached hydrogens (tertiary/aromatic N) is 1. The van der Waals surface area contributed by atoms with Gasteiger partial charge in [-0.2, -0.15) is 0 Å². The van der Waals surface area contributed by atoms with E-state index < -0.39 is 0 Å². The standard InChI is InChI=1S/C15H17N3O/c19-15-4-3-14(10-18-15)17-8-11-1-2-13-9-16-6-5-12(13)7-11/h1-2,5-7,9,14,17H,3-4,8,10H2,(H,18,19). The van der Waals surface area contributed by atoms with Crippen molar-refractivity contribution < 1.29 is 4.79 Å². The van der Waals surface area contributed by atoms with Crippen LogP contribution in [0.2, 0.25) is 0 Å². The van der Waals surface area contributed by atoms with Gasteiger partial charge in [-0.05, 0) is 29.5 Å². The van der Waals surface area contributed by atoms with E-state index in [1.54, 1.807) is 0 Å². The van der Waals surface area contributed by atoms with Gasteiger partial charge in [-0.25, -0.2) is 0 Å². The van der Waals surface area contributed by atoms with E-state index in [1.165, 1.54) is 10.9 Å². The number of carbonyl (C=O) groups excluding carboxylic acids is 1. The molecule has 2 heterocycles. The number of pyridine rings is 1. The van der Waals surface area contributed by atoms with Gasteiger partial charge in [0, 0.05) is 43.3 Å². The Morgan fingerprint density at radius 1 is 1.32 bits per heavy atom. The number of benzene rings is 1. The van der Waals surface area contributed by atoms with Crippen LogP contribution in [0.25, 0.3) is 10.8 Å². The first-order valence-electron chi connectivity index (χ1n) is 6.64. The zero-order valence-corrected chi connectivity index (χ0v) is 10.7. The molecule has 4 nitrogen and oxygen atoms in total. The summed E-state index contributed by atoms with van der Waals surface area (Å²) in [6.07, 6.45) is 5.24. The highest BCUT2D eigenvalue weighted by Crippen LogP contribution is 2.14. The molecule has 1 amide bonds. The minimum atomic E-state index is 0.163. The fraction of sp³-hybridized carbons (Fsp3) is 0.333. The lowest BCUT2D eigenvalue weighted by Gasteiger charge is -2.23. The summed E-state index contributed by atoms with van der Waals surface area (Å²) in [5.74, 6) is 0.163. The van der Waals surface area contributed by atoms with E-state index in [4.69, 9.17) is 0 Å². The molecule has 0 radical (unpaired) electrons. The lowest BCUT2D eigenvalue weighted by molar-refractivity contribution is -0.122. The van der Waals surface area contributed by atoms with Crippen LogP contribution in [0, 0.1) is 0 Å². The minimum absolute atomic E-state index is 0.163. The van der Waals surface area contributed by atoms with Crippen molar-refractivity contribution >= 4 is 16.7 Å². The van der Waals surface area contributed by atoms with Crippen molar-refractivity contribution in [1.82, 2.24) is 15.6 Å². The number of aromatic nitrogens is 1. The van der Waals surface area contributed by atoms with Crippen LogP contribution in [0.15, 0.2) is 36.7 Å². The van der Waals surface area contributed by atoms with Gasteiger partial charge in [0.2, 0.25) is 5.91 Å². The van der Waals surface area contributed by atoms with Crippen LogP contribution in [0.3, 0.4) is 0 Å². The first-order chi connectivity index (χ1) is 9.31. The van der Waals surface area contributed by atoms with Crippen LogP contribution in [0.1, 0.15) is 18.4 Å². The number of hydrogen-bond acceptors (Lipinski definition) is 3. The number of fused-ring (bicyclic) bond motifs is 1. The molecule has 4 heteroatoms. The summed E-state index contributed by atoms with van der Waals surface area (Å²) in [6, 6.07) is 8.82. The Morgan fingerprint density at radius 2 is 2.26 bits per heavy atom. The molecule has 98 valence electrons. The predicted molar refractivity (Wildman–Crippen MR) is 74.6 cm³/mol. The molecule has 1 fully saturated rings. The molecule has 2 aromatic rings. The molecule has 1 aliphatic heterocycles. The van der Waals surface area contributed by atoms with Crippen LogP contribution in [0.4, 0.5) is 0 Å². The first kappa shape index (κ1) is 12.1. The molecule has 0 aliphatic carbocycles. The zero-order valence-electron chi connectivity index (χ0n) is 10.7. The number of rotatable bonds is 3. The Labute approximate surface area is 112 Å². The minimum Gasteiger partial charge on any atom is -0.355 e. The number of nitrogens with one attached hydrogen (secondary N) is 2. The van der Waals surface area contributed by atoms with Gasteiger partial charge in [0.05, 0.1) is 0 Å². The number of carbonyl (C=O) groups is 1. The van der Waals surface area contributed by atoms with Crippen molar-refractivity contribution in [2.24, 2.45) is 0 Å². The van der Waals surface area contributed by atoms with Gasteiger partial charge >= 0.3 is 0 Å². The van der Waals surface area contributed by atoms with Crippen molar-refractivity contribution in [3.63, 3.8) is 0 Å². The highest BCUT2D eigenvalue weighted by Gasteiger charge is 2.16. The van der Waals surface area contributed by atoms with Crippen LogP contribution < -0.4 is 10.6 Å². The van der Waals surface area contributed by atoms with Crippen molar-refractivity contribution in [3.8, 4) is 0 Å². The average Bonchev–Trinajstić information content (AvgIpc) is 2.46. The average molecular weight is 255 g/mol. The van der Waals surface area contributed by atoms with Gasteiger partial charge in [0.15, 0.2) is 0 Å². The Balaban J connectivity index is 1.63. The molecule has 19 heavy (non-hydrogen) atoms. The molecule has 1 aromatic carbocycles. The SMILES string of the molecule is O=C1CCC(NCc2ccc3cnccc3c2)CN1. The second-order valence-electron chi connectivity index (χ2n) is 4.98. The lowest BCUT2D eigenvalue weighted by atomic mass is 10.1. The smallest absolute Gasteiger partial charge is 0.220 e. The van der Waals surface area contributed by atoms with E-state index in [0.717, 1.165) is 24.9 Å². The highest BCUT2D eigenvalue weighted by molar-refractivity contribution is 5.82. The summed E-state index contributed by atoms with van der Waals surface area (Å²) in [4.78, 5) is 15.2. The maximum atomic E-state index is 11.1. The summed E-state index contributed by atoms with van der Waals surface area (Å²) in [5, 5.41) is 8.76. The quantitative estimate of drug-likeness (QED) is 0.876. The maximum absolute atomic E-state index is 11.1. The van der Waals surface area contributed by atoms with Crippen LogP contribution in [-0.4, -0.2) is 23.5 Å². The Hall–Kier alpha value is -1.94. The number of hydrogen-bond donors (Lipinski definition) is 2. The third-order valence-electron chi connectivity index (χ3n) is 3.57. The van der Waals surface area contributed by atoms with Crippen molar-refractivity contribution in [1.29, 1.82) is 0 Å². The van der Waals surface area contributed by atoms with Crippen molar-refractivity contribution in [2.45, 2.75) is 25.4 Å².